The molecule has 23 heavy (non-hydrogen) atoms. The maximum Gasteiger partial charge on any atom is 0.414 e. The molecule has 1 unspecified atom stereocenters. The molecule has 0 aliphatic rings. The maximum absolute atomic E-state index is 11.6. The molecule has 1 rings (SSSR count). The molecule has 124 valence electrons. The zero-order valence-corrected chi connectivity index (χ0v) is 11.8. The first-order valence-electron chi connectivity index (χ1n) is 6.45. The van der Waals surface area contributed by atoms with Crippen LogP contribution in [-0.2, 0) is 14.3 Å². The number of nitrogens with one attached hydrogen (secondary N) is 1. The van der Waals surface area contributed by atoms with Crippen LogP contribution < -0.4 is 5.32 Å². The average Bonchev–Trinajstić information content (AvgIpc) is 2.50. The number of benzene rings is 1. The van der Waals surface area contributed by atoms with Gasteiger partial charge in [-0.1, -0.05) is 12.1 Å². The summed E-state index contributed by atoms with van der Waals surface area (Å²) < 4.78 is 4.30. The highest BCUT2D eigenvalue weighted by Crippen LogP contribution is 2.25. The lowest BCUT2D eigenvalue weighted by Crippen LogP contribution is -2.30. The Kier molecular flexibility index (Phi) is 6.62. The molecule has 0 radical (unpaired) electrons. The van der Waals surface area contributed by atoms with Gasteiger partial charge in [-0.15, -0.1) is 0 Å². The highest BCUT2D eigenvalue weighted by Gasteiger charge is 2.28. The molecule has 0 saturated heterocycles. The summed E-state index contributed by atoms with van der Waals surface area (Å²) in [4.78, 5) is 43.2. The Morgan fingerprint density at radius 1 is 1.30 bits per heavy atom. The zero-order valence-electron chi connectivity index (χ0n) is 11.8. The molecule has 1 aromatic carbocycles. The molecule has 1 atom stereocenters. The van der Waals surface area contributed by atoms with E-state index in [0.29, 0.717) is 0 Å². The molecule has 1 amide bonds. The molecule has 0 aromatic heterocycles. The first kappa shape index (κ1) is 18.0. The Morgan fingerprint density at radius 3 is 2.57 bits per heavy atom. The Hall–Kier alpha value is -3.01. The number of alkyl carbamates (subject to hydrolysis) is 1. The lowest BCUT2D eigenvalue weighted by atomic mass is 10.1. The number of nitro benzene ring substituents is 1. The number of para-hydroxylation sites is 1. The van der Waals surface area contributed by atoms with Gasteiger partial charge in [0.1, 0.15) is 0 Å². The van der Waals surface area contributed by atoms with Gasteiger partial charge in [0.2, 0.25) is 0 Å². The number of carboxylic acids is 1. The average molecular weight is 326 g/mol. The minimum atomic E-state index is -2.00. The van der Waals surface area contributed by atoms with Crippen molar-refractivity contribution in [3.8, 4) is 0 Å². The van der Waals surface area contributed by atoms with E-state index in [0.717, 1.165) is 12.1 Å². The van der Waals surface area contributed by atoms with Crippen molar-refractivity contribution >= 4 is 23.7 Å². The molecular weight excluding hydrogens is 312 g/mol. The molecule has 0 aliphatic heterocycles. The van der Waals surface area contributed by atoms with Gasteiger partial charge in [-0.3, -0.25) is 14.9 Å². The fraction of sp³-hybridized carbons (Fsp3) is 0.308. The summed E-state index contributed by atoms with van der Waals surface area (Å²) in [6, 6.07) is 4.99. The summed E-state index contributed by atoms with van der Waals surface area (Å²) in [7, 11) is 0. The summed E-state index contributed by atoms with van der Waals surface area (Å²) in [5.41, 5.74) is -0.792. The van der Waals surface area contributed by atoms with Crippen LogP contribution in [-0.4, -0.2) is 39.7 Å². The van der Waals surface area contributed by atoms with Gasteiger partial charge in [-0.25, -0.2) is 9.59 Å². The predicted octanol–water partition coefficient (Wildman–Crippen LogP) is 0.746. The van der Waals surface area contributed by atoms with E-state index in [2.05, 4.69) is 10.1 Å². The largest absolute Gasteiger partial charge is 0.481 e. The summed E-state index contributed by atoms with van der Waals surface area (Å²) in [6.07, 6.45) is -3.22. The number of nitro groups is 1. The first-order valence-corrected chi connectivity index (χ1v) is 6.45. The van der Waals surface area contributed by atoms with Gasteiger partial charge in [0, 0.05) is 19.0 Å². The third kappa shape index (κ3) is 5.71. The Bertz CT molecular complexity index is 616. The van der Waals surface area contributed by atoms with Crippen LogP contribution >= 0.6 is 0 Å². The molecule has 0 fully saturated rings. The van der Waals surface area contributed by atoms with E-state index in [1.165, 1.54) is 12.1 Å². The van der Waals surface area contributed by atoms with Crippen LogP contribution in [0.5, 0.6) is 0 Å². The predicted molar refractivity (Wildman–Crippen MR) is 74.4 cm³/mol. The van der Waals surface area contributed by atoms with Crippen LogP contribution in [0, 0.1) is 10.1 Å². The van der Waals surface area contributed by atoms with Crippen LogP contribution in [0.25, 0.3) is 0 Å². The molecule has 0 spiro atoms. The number of ether oxygens (including phenoxy) is 1. The molecule has 0 saturated carbocycles. The molecular formula is C13H14N2O8. The Labute approximate surface area is 129 Å². The number of esters is 1. The number of aliphatic hydroxyl groups is 1. The van der Waals surface area contributed by atoms with E-state index in [1.807, 2.05) is 0 Å². The highest BCUT2D eigenvalue weighted by molar-refractivity contribution is 5.88. The minimum absolute atomic E-state index is 0.0417. The topological polar surface area (TPSA) is 156 Å². The van der Waals surface area contributed by atoms with E-state index in [-0.39, 0.29) is 24.9 Å². The lowest BCUT2D eigenvalue weighted by Gasteiger charge is -2.10. The Morgan fingerprint density at radius 2 is 1.96 bits per heavy atom. The van der Waals surface area contributed by atoms with Crippen LogP contribution in [0.1, 0.15) is 24.5 Å². The molecule has 1 aromatic rings. The number of carbonyl (C=O) groups is 3. The smallest absolute Gasteiger partial charge is 0.414 e. The van der Waals surface area contributed by atoms with E-state index in [4.69, 9.17) is 5.11 Å². The van der Waals surface area contributed by atoms with Gasteiger partial charge >= 0.3 is 18.0 Å². The fourth-order valence-corrected chi connectivity index (χ4v) is 1.63. The third-order valence-electron chi connectivity index (χ3n) is 2.68. The summed E-state index contributed by atoms with van der Waals surface area (Å²) in [5.74, 6) is -2.42. The molecule has 3 N–H and O–H groups in total. The van der Waals surface area contributed by atoms with Gasteiger partial charge in [0.05, 0.1) is 10.5 Å². The van der Waals surface area contributed by atoms with E-state index in [1.54, 1.807) is 0 Å². The number of hydrogen-bond acceptors (Lipinski definition) is 7. The van der Waals surface area contributed by atoms with E-state index < -0.39 is 34.7 Å². The SMILES string of the molecule is O=C(O)CCCNC(=O)OC(=O)C(O)c1ccccc1[N+](=O)[O-]. The van der Waals surface area contributed by atoms with Crippen molar-refractivity contribution in [1.29, 1.82) is 0 Å². The van der Waals surface area contributed by atoms with Crippen molar-refractivity contribution in [2.75, 3.05) is 6.54 Å². The number of aliphatic hydroxyl groups excluding tert-OH is 1. The summed E-state index contributed by atoms with van der Waals surface area (Å²) in [5, 5.41) is 31.1. The second-order valence-corrected chi connectivity index (χ2v) is 4.35. The fourth-order valence-electron chi connectivity index (χ4n) is 1.63. The van der Waals surface area contributed by atoms with Crippen LogP contribution in [0.4, 0.5) is 10.5 Å². The lowest BCUT2D eigenvalue weighted by molar-refractivity contribution is -0.386. The van der Waals surface area contributed by atoms with Crippen LogP contribution in [0.3, 0.4) is 0 Å². The Balaban J connectivity index is 2.59. The van der Waals surface area contributed by atoms with Crippen molar-refractivity contribution in [3.63, 3.8) is 0 Å². The first-order chi connectivity index (χ1) is 10.8. The van der Waals surface area contributed by atoms with Gasteiger partial charge in [-0.05, 0) is 12.5 Å². The van der Waals surface area contributed by atoms with Crippen molar-refractivity contribution in [2.24, 2.45) is 0 Å². The normalized spacial score (nSPS) is 11.3. The summed E-state index contributed by atoms with van der Waals surface area (Å²) in [6.45, 7) is -0.0417. The zero-order chi connectivity index (χ0) is 17.4. The van der Waals surface area contributed by atoms with Gasteiger partial charge in [-0.2, -0.15) is 0 Å². The van der Waals surface area contributed by atoms with Crippen molar-refractivity contribution in [2.45, 2.75) is 18.9 Å². The number of carboxylic acid groups (broad SMARTS) is 1. The van der Waals surface area contributed by atoms with Gasteiger partial charge in [0.25, 0.3) is 5.69 Å². The number of hydrogen-bond donors (Lipinski definition) is 3. The number of carbonyl (C=O) groups excluding carboxylic acids is 2. The maximum atomic E-state index is 11.6. The quantitative estimate of drug-likeness (QED) is 0.218. The van der Waals surface area contributed by atoms with Crippen molar-refractivity contribution in [1.82, 2.24) is 5.32 Å². The molecule has 0 bridgehead atoms. The highest BCUT2D eigenvalue weighted by atomic mass is 16.6. The number of rotatable bonds is 7. The monoisotopic (exact) mass is 326 g/mol. The second-order valence-electron chi connectivity index (χ2n) is 4.35. The summed E-state index contributed by atoms with van der Waals surface area (Å²) >= 11 is 0. The van der Waals surface area contributed by atoms with Gasteiger partial charge in [0.15, 0.2) is 6.10 Å². The third-order valence-corrected chi connectivity index (χ3v) is 2.68. The molecule has 10 nitrogen and oxygen atoms in total. The van der Waals surface area contributed by atoms with Crippen molar-refractivity contribution in [3.05, 3.63) is 39.9 Å². The molecule has 10 heteroatoms. The second kappa shape index (κ2) is 8.44. The number of aliphatic carboxylic acids is 1. The standard InChI is InChI=1S/C13H14N2O8/c16-10(17)6-3-7-14-13(20)23-12(19)11(18)8-4-1-2-5-9(8)15(21)22/h1-2,4-5,11,18H,3,6-7H2,(H,14,20)(H,16,17). The van der Waals surface area contributed by atoms with Crippen LogP contribution in [0.2, 0.25) is 0 Å². The van der Waals surface area contributed by atoms with Crippen molar-refractivity contribution < 1.29 is 34.3 Å². The molecule has 0 aliphatic carbocycles. The van der Waals surface area contributed by atoms with E-state index >= 15 is 0 Å². The number of amides is 1. The minimum Gasteiger partial charge on any atom is -0.481 e. The molecule has 0 heterocycles. The van der Waals surface area contributed by atoms with E-state index in [9.17, 15) is 29.6 Å². The van der Waals surface area contributed by atoms with Crippen LogP contribution in [0.15, 0.2) is 24.3 Å². The number of nitrogens with zero attached hydrogens (tertiary/aromatic N) is 1. The van der Waals surface area contributed by atoms with Gasteiger partial charge < -0.3 is 20.3 Å².